The molecule has 3 aliphatic carbocycles. The van der Waals surface area contributed by atoms with E-state index in [9.17, 15) is 4.79 Å². The number of rotatable bonds is 4. The Hall–Kier alpha value is -2.87. The Morgan fingerprint density at radius 2 is 1.40 bits per heavy atom. The number of carbonyl (C=O) groups is 1. The van der Waals surface area contributed by atoms with Crippen LogP contribution in [-0.4, -0.2) is 5.91 Å². The fraction of sp³-hybridized carbons (Fsp3) is 0.321. The molecule has 0 radical (unpaired) electrons. The summed E-state index contributed by atoms with van der Waals surface area (Å²) in [6, 6.07) is 23.8. The van der Waals surface area contributed by atoms with E-state index in [2.05, 4.69) is 86.8 Å². The molecule has 0 aliphatic heterocycles. The van der Waals surface area contributed by atoms with Gasteiger partial charge >= 0.3 is 0 Å². The Morgan fingerprint density at radius 1 is 0.833 bits per heavy atom. The first-order valence-corrected chi connectivity index (χ1v) is 11.2. The van der Waals surface area contributed by atoms with Gasteiger partial charge in [0.1, 0.15) is 0 Å². The first-order valence-electron chi connectivity index (χ1n) is 11.2. The Morgan fingerprint density at radius 3 is 1.93 bits per heavy atom. The van der Waals surface area contributed by atoms with E-state index >= 15 is 0 Å². The van der Waals surface area contributed by atoms with Crippen LogP contribution < -0.4 is 5.32 Å². The Bertz CT molecular complexity index is 1070. The van der Waals surface area contributed by atoms with Crippen molar-refractivity contribution in [2.24, 2.45) is 11.8 Å². The third kappa shape index (κ3) is 2.89. The van der Waals surface area contributed by atoms with Gasteiger partial charge in [-0.25, -0.2) is 0 Å². The van der Waals surface area contributed by atoms with Gasteiger partial charge in [0.2, 0.25) is 5.91 Å². The standard InChI is InChI=1S/C28H29NO/c1-4-9-23-25-19-10-5-7-12-21(19)26(22-13-8-6-11-20(22)25)27(23)28(30)29-24-15-14-17(2)16-18(24)3/h5-8,10-16,23,25-27H,4,9H2,1-3H3,(H,29,30)/t23-,25?,26?,27-/m0/s1. The number of nitrogens with one attached hydrogen (secondary N) is 1. The molecule has 6 rings (SSSR count). The first kappa shape index (κ1) is 19.1. The summed E-state index contributed by atoms with van der Waals surface area (Å²) < 4.78 is 0. The van der Waals surface area contributed by atoms with Crippen LogP contribution in [0.25, 0.3) is 0 Å². The van der Waals surface area contributed by atoms with E-state index in [1.165, 1.54) is 27.8 Å². The highest BCUT2D eigenvalue weighted by molar-refractivity contribution is 5.95. The number of aryl methyl sites for hydroxylation is 2. The van der Waals surface area contributed by atoms with Crippen molar-refractivity contribution in [2.45, 2.75) is 45.4 Å². The average molecular weight is 396 g/mol. The zero-order valence-electron chi connectivity index (χ0n) is 18.0. The van der Waals surface area contributed by atoms with E-state index in [0.717, 1.165) is 24.1 Å². The number of amides is 1. The number of hydrogen-bond donors (Lipinski definition) is 1. The molecule has 2 nitrogen and oxygen atoms in total. The van der Waals surface area contributed by atoms with Crippen LogP contribution in [0.4, 0.5) is 5.69 Å². The van der Waals surface area contributed by atoms with E-state index < -0.39 is 0 Å². The van der Waals surface area contributed by atoms with Crippen molar-refractivity contribution in [3.8, 4) is 0 Å². The molecule has 0 saturated carbocycles. The van der Waals surface area contributed by atoms with Gasteiger partial charge in [-0.15, -0.1) is 0 Å². The summed E-state index contributed by atoms with van der Waals surface area (Å²) in [6.07, 6.45) is 2.15. The highest BCUT2D eigenvalue weighted by Crippen LogP contribution is 2.59. The van der Waals surface area contributed by atoms with Crippen molar-refractivity contribution in [1.82, 2.24) is 0 Å². The number of hydrogen-bond acceptors (Lipinski definition) is 1. The van der Waals surface area contributed by atoms with Crippen molar-refractivity contribution in [3.05, 3.63) is 100 Å². The van der Waals surface area contributed by atoms with Crippen molar-refractivity contribution in [3.63, 3.8) is 0 Å². The Labute approximate surface area is 179 Å². The average Bonchev–Trinajstić information content (AvgIpc) is 2.76. The van der Waals surface area contributed by atoms with Crippen LogP contribution in [0.2, 0.25) is 0 Å². The lowest BCUT2D eigenvalue weighted by molar-refractivity contribution is -0.123. The maximum Gasteiger partial charge on any atom is 0.228 e. The minimum Gasteiger partial charge on any atom is -0.326 e. The third-order valence-electron chi connectivity index (χ3n) is 7.15. The van der Waals surface area contributed by atoms with Gasteiger partial charge in [0.15, 0.2) is 0 Å². The molecule has 0 aromatic heterocycles. The lowest BCUT2D eigenvalue weighted by Crippen LogP contribution is -2.45. The number of fused-ring (bicyclic) bond motifs is 1. The molecule has 2 bridgehead atoms. The molecule has 3 aromatic carbocycles. The van der Waals surface area contributed by atoms with Gasteiger partial charge in [0.25, 0.3) is 0 Å². The highest BCUT2D eigenvalue weighted by atomic mass is 16.1. The van der Waals surface area contributed by atoms with Crippen LogP contribution in [0.15, 0.2) is 66.7 Å². The van der Waals surface area contributed by atoms with E-state index in [4.69, 9.17) is 0 Å². The minimum absolute atomic E-state index is 0.0412. The molecule has 1 N–H and O–H groups in total. The van der Waals surface area contributed by atoms with Crippen LogP contribution in [0.1, 0.15) is 65.0 Å². The summed E-state index contributed by atoms with van der Waals surface area (Å²) >= 11 is 0. The van der Waals surface area contributed by atoms with Gasteiger partial charge in [-0.2, -0.15) is 0 Å². The summed E-state index contributed by atoms with van der Waals surface area (Å²) in [7, 11) is 0. The third-order valence-corrected chi connectivity index (χ3v) is 7.15. The molecule has 0 heterocycles. The zero-order valence-corrected chi connectivity index (χ0v) is 18.0. The summed E-state index contributed by atoms with van der Waals surface area (Å²) in [4.78, 5) is 13.8. The van der Waals surface area contributed by atoms with Gasteiger partial charge < -0.3 is 5.32 Å². The molecule has 0 unspecified atom stereocenters. The van der Waals surface area contributed by atoms with Crippen LogP contribution in [0.3, 0.4) is 0 Å². The highest BCUT2D eigenvalue weighted by Gasteiger charge is 2.51. The fourth-order valence-corrected chi connectivity index (χ4v) is 5.99. The Balaban J connectivity index is 1.61. The first-order chi connectivity index (χ1) is 14.6. The lowest BCUT2D eigenvalue weighted by atomic mass is 9.53. The predicted molar refractivity (Wildman–Crippen MR) is 123 cm³/mol. The molecule has 3 aliphatic rings. The largest absolute Gasteiger partial charge is 0.326 e. The van der Waals surface area contributed by atoms with Gasteiger partial charge in [0.05, 0.1) is 5.92 Å². The number of benzene rings is 3. The van der Waals surface area contributed by atoms with Crippen LogP contribution in [0.5, 0.6) is 0 Å². The van der Waals surface area contributed by atoms with E-state index in [1.807, 2.05) is 6.07 Å². The summed E-state index contributed by atoms with van der Waals surface area (Å²) in [5.41, 5.74) is 8.81. The normalized spacial score (nSPS) is 23.6. The van der Waals surface area contributed by atoms with Gasteiger partial charge in [0, 0.05) is 17.5 Å². The summed E-state index contributed by atoms with van der Waals surface area (Å²) in [5, 5.41) is 3.30. The quantitative estimate of drug-likeness (QED) is 0.532. The number of anilines is 1. The predicted octanol–water partition coefficient (Wildman–Crippen LogP) is 6.57. The molecular weight excluding hydrogens is 366 g/mol. The SMILES string of the molecule is CCC[C@H]1C2c3ccccc3C(c3ccccc32)[C@H]1C(=O)Nc1ccc(C)cc1C. The van der Waals surface area contributed by atoms with Gasteiger partial charge in [-0.3, -0.25) is 4.79 Å². The smallest absolute Gasteiger partial charge is 0.228 e. The topological polar surface area (TPSA) is 29.1 Å². The molecule has 2 heteroatoms. The summed E-state index contributed by atoms with van der Waals surface area (Å²) in [6.45, 7) is 6.40. The summed E-state index contributed by atoms with van der Waals surface area (Å²) in [5.74, 6) is 0.886. The molecule has 1 amide bonds. The molecule has 3 aromatic rings. The van der Waals surface area contributed by atoms with Gasteiger partial charge in [-0.1, -0.05) is 79.6 Å². The van der Waals surface area contributed by atoms with E-state index in [-0.39, 0.29) is 17.7 Å². The molecule has 0 spiro atoms. The molecule has 30 heavy (non-hydrogen) atoms. The number of carbonyl (C=O) groups excluding carboxylic acids is 1. The molecule has 2 atom stereocenters. The molecular formula is C28H29NO. The second-order valence-corrected chi connectivity index (χ2v) is 9.00. The minimum atomic E-state index is -0.0412. The van der Waals surface area contributed by atoms with E-state index in [0.29, 0.717) is 11.8 Å². The molecule has 0 fully saturated rings. The zero-order chi connectivity index (χ0) is 20.8. The van der Waals surface area contributed by atoms with Crippen LogP contribution >= 0.6 is 0 Å². The molecule has 152 valence electrons. The Kier molecular flexibility index (Phi) is 4.73. The second-order valence-electron chi connectivity index (χ2n) is 9.00. The maximum absolute atomic E-state index is 13.8. The second kappa shape index (κ2) is 7.43. The van der Waals surface area contributed by atoms with Crippen molar-refractivity contribution >= 4 is 11.6 Å². The van der Waals surface area contributed by atoms with Crippen LogP contribution in [0, 0.1) is 25.7 Å². The van der Waals surface area contributed by atoms with E-state index in [1.54, 1.807) is 0 Å². The van der Waals surface area contributed by atoms with Gasteiger partial charge in [-0.05, 0) is 60.1 Å². The van der Waals surface area contributed by atoms with Crippen LogP contribution in [-0.2, 0) is 4.79 Å². The fourth-order valence-electron chi connectivity index (χ4n) is 5.99. The molecule has 0 saturated heterocycles. The van der Waals surface area contributed by atoms with Crippen molar-refractivity contribution < 1.29 is 4.79 Å². The monoisotopic (exact) mass is 395 g/mol. The van der Waals surface area contributed by atoms with Crippen molar-refractivity contribution in [2.75, 3.05) is 5.32 Å². The lowest BCUT2D eigenvalue weighted by Gasteiger charge is -2.50. The van der Waals surface area contributed by atoms with Crippen molar-refractivity contribution in [1.29, 1.82) is 0 Å². The maximum atomic E-state index is 13.8.